The Bertz CT molecular complexity index is 298. The zero-order chi connectivity index (χ0) is 10.9. The van der Waals surface area contributed by atoms with E-state index in [1.807, 2.05) is 0 Å². The van der Waals surface area contributed by atoms with Crippen LogP contribution in [0, 0.1) is 0 Å². The van der Waals surface area contributed by atoms with Crippen LogP contribution in [0.25, 0.3) is 0 Å². The Morgan fingerprint density at radius 2 is 2.00 bits per heavy atom. The summed E-state index contributed by atoms with van der Waals surface area (Å²) in [5.74, 6) is 0.0866. The number of allylic oxidation sites excluding steroid dienone is 1. The van der Waals surface area contributed by atoms with Gasteiger partial charge in [-0.3, -0.25) is 4.79 Å². The van der Waals surface area contributed by atoms with E-state index in [1.165, 1.54) is 7.11 Å². The minimum atomic E-state index is -0.753. The Hall–Kier alpha value is -0.800. The molecule has 1 aliphatic carbocycles. The second kappa shape index (κ2) is 4.15. The van der Waals surface area contributed by atoms with Gasteiger partial charge in [0.2, 0.25) is 5.78 Å². The van der Waals surface area contributed by atoms with Gasteiger partial charge in [-0.15, -0.1) is 11.6 Å². The van der Waals surface area contributed by atoms with Crippen molar-refractivity contribution in [2.75, 3.05) is 13.0 Å². The fourth-order valence-electron chi connectivity index (χ4n) is 1.53. The number of carbonyl (C=O) groups is 1. The van der Waals surface area contributed by atoms with Gasteiger partial charge < -0.3 is 9.84 Å². The maximum atomic E-state index is 11.7. The number of ketones is 1. The predicted octanol–water partition coefficient (Wildman–Crippen LogP) is 1.41. The van der Waals surface area contributed by atoms with Gasteiger partial charge in [0.25, 0.3) is 0 Å². The lowest BCUT2D eigenvalue weighted by Gasteiger charge is -2.23. The lowest BCUT2D eigenvalue weighted by molar-refractivity contribution is -0.115. The van der Waals surface area contributed by atoms with Crippen LogP contribution < -0.4 is 0 Å². The molecule has 1 aliphatic rings. The lowest BCUT2D eigenvalue weighted by atomic mass is 9.89. The lowest BCUT2D eigenvalue weighted by Crippen LogP contribution is -2.26. The number of hydrogen-bond acceptors (Lipinski definition) is 3. The van der Waals surface area contributed by atoms with E-state index in [9.17, 15) is 9.90 Å². The van der Waals surface area contributed by atoms with Crippen molar-refractivity contribution >= 4 is 17.4 Å². The molecule has 0 aromatic carbocycles. The van der Waals surface area contributed by atoms with Crippen LogP contribution >= 0.6 is 11.6 Å². The average Bonchev–Trinajstić information content (AvgIpc) is 2.16. The number of aliphatic hydroxyl groups excluding tert-OH is 1. The van der Waals surface area contributed by atoms with E-state index in [0.29, 0.717) is 16.7 Å². The summed E-state index contributed by atoms with van der Waals surface area (Å²) in [7, 11) is 1.41. The molecule has 14 heavy (non-hydrogen) atoms. The van der Waals surface area contributed by atoms with Crippen LogP contribution in [0.5, 0.6) is 0 Å². The summed E-state index contributed by atoms with van der Waals surface area (Å²) in [6.07, 6.45) is -0.753. The SMILES string of the molecule is COC1=C(C)C(O)C(C)=C(CCl)C1=O. The molecule has 1 rings (SSSR count). The van der Waals surface area contributed by atoms with Crippen LogP contribution in [0.4, 0.5) is 0 Å². The number of alkyl halides is 1. The second-order valence-corrected chi connectivity index (χ2v) is 3.51. The molecule has 0 amide bonds. The van der Waals surface area contributed by atoms with Crippen LogP contribution in [0.2, 0.25) is 0 Å². The van der Waals surface area contributed by atoms with Gasteiger partial charge in [0.15, 0.2) is 5.76 Å². The normalized spacial score (nSPS) is 23.2. The Balaban J connectivity index is 3.21. The van der Waals surface area contributed by atoms with E-state index in [0.717, 1.165) is 0 Å². The predicted molar refractivity (Wildman–Crippen MR) is 54.1 cm³/mol. The van der Waals surface area contributed by atoms with Gasteiger partial charge in [0, 0.05) is 11.1 Å². The number of Topliss-reactive ketones (excluding diaryl/α,β-unsaturated/α-hetero) is 1. The molecule has 0 spiro atoms. The minimum Gasteiger partial charge on any atom is -0.493 e. The Morgan fingerprint density at radius 1 is 1.43 bits per heavy atom. The fourth-order valence-corrected chi connectivity index (χ4v) is 1.86. The zero-order valence-corrected chi connectivity index (χ0v) is 9.18. The summed E-state index contributed by atoms with van der Waals surface area (Å²) in [5.41, 5.74) is 1.59. The van der Waals surface area contributed by atoms with Gasteiger partial charge in [-0.2, -0.15) is 0 Å². The highest BCUT2D eigenvalue weighted by molar-refractivity contribution is 6.25. The number of carbonyl (C=O) groups excluding carboxylic acids is 1. The molecular weight excluding hydrogens is 204 g/mol. The Kier molecular flexibility index (Phi) is 3.34. The largest absolute Gasteiger partial charge is 0.493 e. The van der Waals surface area contributed by atoms with Gasteiger partial charge in [-0.25, -0.2) is 0 Å². The third-order valence-electron chi connectivity index (χ3n) is 2.47. The first kappa shape index (κ1) is 11.3. The molecule has 1 N–H and O–H groups in total. The van der Waals surface area contributed by atoms with E-state index in [-0.39, 0.29) is 17.4 Å². The Labute approximate surface area is 88.0 Å². The quantitative estimate of drug-likeness (QED) is 0.710. The van der Waals surface area contributed by atoms with Crippen LogP contribution in [0.15, 0.2) is 22.5 Å². The van der Waals surface area contributed by atoms with Crippen molar-refractivity contribution < 1.29 is 14.6 Å². The molecule has 0 saturated carbocycles. The number of rotatable bonds is 2. The van der Waals surface area contributed by atoms with Crippen molar-refractivity contribution in [1.82, 2.24) is 0 Å². The number of halogens is 1. The van der Waals surface area contributed by atoms with Crippen molar-refractivity contribution in [3.63, 3.8) is 0 Å². The van der Waals surface area contributed by atoms with E-state index >= 15 is 0 Å². The smallest absolute Gasteiger partial charge is 0.224 e. The van der Waals surface area contributed by atoms with Crippen LogP contribution in [0.1, 0.15) is 13.8 Å². The van der Waals surface area contributed by atoms with E-state index in [4.69, 9.17) is 16.3 Å². The molecular formula is C10H13ClO3. The fraction of sp³-hybridized carbons (Fsp3) is 0.500. The maximum absolute atomic E-state index is 11.7. The average molecular weight is 217 g/mol. The van der Waals surface area contributed by atoms with Gasteiger partial charge in [0.1, 0.15) is 6.10 Å². The van der Waals surface area contributed by atoms with Gasteiger partial charge >= 0.3 is 0 Å². The summed E-state index contributed by atoms with van der Waals surface area (Å²) in [6.45, 7) is 3.38. The molecule has 0 aliphatic heterocycles. The molecule has 3 nitrogen and oxygen atoms in total. The molecule has 0 heterocycles. The van der Waals surface area contributed by atoms with Gasteiger partial charge in [0.05, 0.1) is 13.0 Å². The highest BCUT2D eigenvalue weighted by Gasteiger charge is 2.30. The summed E-state index contributed by atoms with van der Waals surface area (Å²) in [6, 6.07) is 0. The second-order valence-electron chi connectivity index (χ2n) is 3.24. The van der Waals surface area contributed by atoms with E-state index < -0.39 is 6.10 Å². The molecule has 4 heteroatoms. The third-order valence-corrected chi connectivity index (χ3v) is 2.74. The van der Waals surface area contributed by atoms with Crippen molar-refractivity contribution in [1.29, 1.82) is 0 Å². The van der Waals surface area contributed by atoms with Gasteiger partial charge in [-0.1, -0.05) is 0 Å². The third kappa shape index (κ3) is 1.57. The first-order chi connectivity index (χ1) is 6.54. The summed E-state index contributed by atoms with van der Waals surface area (Å²) >= 11 is 5.64. The molecule has 0 saturated heterocycles. The van der Waals surface area contributed by atoms with Crippen LogP contribution in [0.3, 0.4) is 0 Å². The summed E-state index contributed by atoms with van der Waals surface area (Å²) in [4.78, 5) is 11.7. The topological polar surface area (TPSA) is 46.5 Å². The standard InChI is InChI=1S/C10H13ClO3/c1-5-7(4-11)9(13)10(14-3)6(2)8(5)12/h8,12H,4H2,1-3H3. The van der Waals surface area contributed by atoms with Gasteiger partial charge in [-0.05, 0) is 19.4 Å². The highest BCUT2D eigenvalue weighted by Crippen LogP contribution is 2.28. The van der Waals surface area contributed by atoms with Crippen molar-refractivity contribution in [2.45, 2.75) is 20.0 Å². The maximum Gasteiger partial charge on any atom is 0.224 e. The summed E-state index contributed by atoms with van der Waals surface area (Å²) in [5, 5.41) is 9.76. The van der Waals surface area contributed by atoms with Crippen LogP contribution in [-0.4, -0.2) is 30.0 Å². The molecule has 1 atom stereocenters. The zero-order valence-electron chi connectivity index (χ0n) is 8.43. The van der Waals surface area contributed by atoms with Crippen molar-refractivity contribution in [3.05, 3.63) is 22.5 Å². The van der Waals surface area contributed by atoms with Crippen LogP contribution in [-0.2, 0) is 9.53 Å². The van der Waals surface area contributed by atoms with Crippen molar-refractivity contribution in [3.8, 4) is 0 Å². The Morgan fingerprint density at radius 3 is 2.43 bits per heavy atom. The molecule has 0 bridgehead atoms. The van der Waals surface area contributed by atoms with E-state index in [1.54, 1.807) is 13.8 Å². The number of hydrogen-bond donors (Lipinski definition) is 1. The molecule has 0 aromatic rings. The van der Waals surface area contributed by atoms with E-state index in [2.05, 4.69) is 0 Å². The highest BCUT2D eigenvalue weighted by atomic mass is 35.5. The number of methoxy groups -OCH3 is 1. The molecule has 0 aromatic heterocycles. The molecule has 1 unspecified atom stereocenters. The molecule has 0 radical (unpaired) electrons. The number of aliphatic hydroxyl groups is 1. The minimum absolute atomic E-state index is 0.0991. The van der Waals surface area contributed by atoms with Crippen molar-refractivity contribution in [2.24, 2.45) is 0 Å². The first-order valence-electron chi connectivity index (χ1n) is 4.27. The summed E-state index contributed by atoms with van der Waals surface area (Å²) < 4.78 is 4.94. The number of ether oxygens (including phenoxy) is 1. The molecule has 0 fully saturated rings. The first-order valence-corrected chi connectivity index (χ1v) is 4.81. The monoisotopic (exact) mass is 216 g/mol. The molecule has 78 valence electrons.